The summed E-state index contributed by atoms with van der Waals surface area (Å²) in [5, 5.41) is 14.2. The first kappa shape index (κ1) is 19.9. The second-order valence-corrected chi connectivity index (χ2v) is 7.94. The highest BCUT2D eigenvalue weighted by molar-refractivity contribution is 5.92. The van der Waals surface area contributed by atoms with Gasteiger partial charge in [0.05, 0.1) is 23.2 Å². The van der Waals surface area contributed by atoms with Gasteiger partial charge in [0.25, 0.3) is 0 Å². The molecule has 4 rings (SSSR count). The Morgan fingerprint density at radius 1 is 1.27 bits per heavy atom. The van der Waals surface area contributed by atoms with Crippen molar-refractivity contribution >= 4 is 22.8 Å². The molecule has 1 fully saturated rings. The molecular formula is C23H30N4O3. The number of phenolic OH excluding ortho intramolecular Hbond substituents is 1. The van der Waals surface area contributed by atoms with E-state index in [1.807, 2.05) is 51.1 Å². The van der Waals surface area contributed by atoms with E-state index in [0.717, 1.165) is 35.2 Å². The molecule has 1 aliphatic heterocycles. The van der Waals surface area contributed by atoms with E-state index in [2.05, 4.69) is 10.2 Å². The molecule has 2 aromatic carbocycles. The summed E-state index contributed by atoms with van der Waals surface area (Å²) in [5.41, 5.74) is 2.53. The standard InChI is InChI=1S/C23H26N4O3.2H2/c1-14(2)30-23(29)24-16-10-11-27(13-16)22-17-9-8-15(3)12-19(17)25-21(26-22)18-6-4-5-7-20(18)28;;/h4-9,12,14,16,28H,10-11,13H2,1-3H3,(H,24,29);2*1H/t16-;;/m1../s1. The zero-order valence-electron chi connectivity index (χ0n) is 17.4. The minimum absolute atomic E-state index is 0. The lowest BCUT2D eigenvalue weighted by atomic mass is 10.1. The normalized spacial score (nSPS) is 16.3. The van der Waals surface area contributed by atoms with E-state index >= 15 is 0 Å². The topological polar surface area (TPSA) is 87.6 Å². The summed E-state index contributed by atoms with van der Waals surface area (Å²) >= 11 is 0. The number of benzene rings is 2. The summed E-state index contributed by atoms with van der Waals surface area (Å²) in [5.74, 6) is 1.43. The Morgan fingerprint density at radius 2 is 2.07 bits per heavy atom. The Bertz CT molecular complexity index is 1090. The molecule has 7 nitrogen and oxygen atoms in total. The van der Waals surface area contributed by atoms with Crippen molar-refractivity contribution in [1.82, 2.24) is 15.3 Å². The predicted molar refractivity (Wildman–Crippen MR) is 121 cm³/mol. The van der Waals surface area contributed by atoms with Crippen LogP contribution in [0.25, 0.3) is 22.3 Å². The summed E-state index contributed by atoms with van der Waals surface area (Å²) < 4.78 is 5.20. The van der Waals surface area contributed by atoms with Gasteiger partial charge in [-0.3, -0.25) is 0 Å². The average Bonchev–Trinajstić information content (AvgIpc) is 3.14. The molecule has 1 saturated heterocycles. The maximum atomic E-state index is 12.0. The molecule has 1 aliphatic rings. The number of fused-ring (bicyclic) bond motifs is 1. The van der Waals surface area contributed by atoms with Crippen LogP contribution >= 0.6 is 0 Å². The van der Waals surface area contributed by atoms with Crippen LogP contribution in [-0.2, 0) is 4.74 Å². The Balaban J connectivity index is 0.00000181. The SMILES string of the molecule is Cc1ccc2c(N3CC[C@@H](NC(=O)OC(C)C)C3)nc(-c3ccccc3O)nc2c1.[HH].[HH]. The number of nitrogens with zero attached hydrogens (tertiary/aromatic N) is 3. The van der Waals surface area contributed by atoms with E-state index in [1.54, 1.807) is 12.1 Å². The lowest BCUT2D eigenvalue weighted by Gasteiger charge is -2.21. The summed E-state index contributed by atoms with van der Waals surface area (Å²) in [4.78, 5) is 23.7. The molecule has 2 heterocycles. The molecule has 7 heteroatoms. The second kappa shape index (κ2) is 8.18. The molecule has 0 saturated carbocycles. The maximum absolute atomic E-state index is 12.0. The van der Waals surface area contributed by atoms with Crippen LogP contribution in [-0.4, -0.2) is 46.4 Å². The van der Waals surface area contributed by atoms with Crippen LogP contribution in [0.3, 0.4) is 0 Å². The monoisotopic (exact) mass is 410 g/mol. The van der Waals surface area contributed by atoms with Gasteiger partial charge in [0.1, 0.15) is 11.6 Å². The number of aryl methyl sites for hydroxylation is 1. The first-order valence-electron chi connectivity index (χ1n) is 10.2. The van der Waals surface area contributed by atoms with Gasteiger partial charge in [0.15, 0.2) is 5.82 Å². The van der Waals surface area contributed by atoms with Crippen LogP contribution in [0.4, 0.5) is 10.6 Å². The lowest BCUT2D eigenvalue weighted by Crippen LogP contribution is -2.38. The van der Waals surface area contributed by atoms with Gasteiger partial charge in [-0.05, 0) is 57.0 Å². The van der Waals surface area contributed by atoms with Crippen LogP contribution in [0.5, 0.6) is 5.75 Å². The minimum atomic E-state index is -0.394. The fraction of sp³-hybridized carbons (Fsp3) is 0.348. The second-order valence-electron chi connectivity index (χ2n) is 7.94. The van der Waals surface area contributed by atoms with Crippen LogP contribution in [0, 0.1) is 6.92 Å². The van der Waals surface area contributed by atoms with E-state index in [9.17, 15) is 9.90 Å². The molecule has 0 unspecified atom stereocenters. The van der Waals surface area contributed by atoms with Gasteiger partial charge in [0.2, 0.25) is 0 Å². The number of ether oxygens (including phenoxy) is 1. The fourth-order valence-electron chi connectivity index (χ4n) is 3.73. The smallest absolute Gasteiger partial charge is 0.407 e. The molecule has 0 spiro atoms. The van der Waals surface area contributed by atoms with Gasteiger partial charge in [-0.1, -0.05) is 18.2 Å². The maximum Gasteiger partial charge on any atom is 0.407 e. The van der Waals surface area contributed by atoms with E-state index in [4.69, 9.17) is 14.7 Å². The number of carbonyl (C=O) groups is 1. The van der Waals surface area contributed by atoms with Crippen molar-refractivity contribution in [3.63, 3.8) is 0 Å². The zero-order chi connectivity index (χ0) is 21.3. The minimum Gasteiger partial charge on any atom is -0.507 e. The Morgan fingerprint density at radius 3 is 2.83 bits per heavy atom. The molecule has 1 atom stereocenters. The summed E-state index contributed by atoms with van der Waals surface area (Å²) in [7, 11) is 0. The Hall–Kier alpha value is -3.35. The highest BCUT2D eigenvalue weighted by Crippen LogP contribution is 2.33. The van der Waals surface area contributed by atoms with E-state index in [0.29, 0.717) is 17.9 Å². The van der Waals surface area contributed by atoms with Crippen molar-refractivity contribution < 1.29 is 17.5 Å². The molecule has 0 aliphatic carbocycles. The lowest BCUT2D eigenvalue weighted by molar-refractivity contribution is 0.113. The number of carbonyl (C=O) groups excluding carboxylic acids is 1. The van der Waals surface area contributed by atoms with Crippen molar-refractivity contribution in [1.29, 1.82) is 0 Å². The Labute approximate surface area is 178 Å². The molecule has 1 aromatic heterocycles. The van der Waals surface area contributed by atoms with Gasteiger partial charge in [0, 0.05) is 21.3 Å². The number of para-hydroxylation sites is 1. The van der Waals surface area contributed by atoms with Crippen molar-refractivity contribution in [2.45, 2.75) is 39.3 Å². The van der Waals surface area contributed by atoms with E-state index in [-0.39, 0.29) is 20.7 Å². The predicted octanol–water partition coefficient (Wildman–Crippen LogP) is 4.52. The van der Waals surface area contributed by atoms with Crippen molar-refractivity contribution in [3.8, 4) is 17.1 Å². The average molecular weight is 411 g/mol. The van der Waals surface area contributed by atoms with Gasteiger partial charge >= 0.3 is 6.09 Å². The molecular weight excluding hydrogens is 380 g/mol. The quantitative estimate of drug-likeness (QED) is 0.658. The third-order valence-corrected chi connectivity index (χ3v) is 5.13. The number of alkyl carbamates (subject to hydrolysis) is 1. The van der Waals surface area contributed by atoms with Gasteiger partial charge in [-0.2, -0.15) is 0 Å². The molecule has 3 aromatic rings. The van der Waals surface area contributed by atoms with Crippen LogP contribution < -0.4 is 10.2 Å². The first-order chi connectivity index (χ1) is 14.4. The third-order valence-electron chi connectivity index (χ3n) is 5.13. The van der Waals surface area contributed by atoms with E-state index in [1.165, 1.54) is 0 Å². The van der Waals surface area contributed by atoms with Crippen LogP contribution in [0.2, 0.25) is 0 Å². The number of phenols is 1. The number of aromatic nitrogens is 2. The first-order valence-corrected chi connectivity index (χ1v) is 10.2. The summed E-state index contributed by atoms with van der Waals surface area (Å²) in [6, 6.07) is 13.2. The highest BCUT2D eigenvalue weighted by Gasteiger charge is 2.27. The van der Waals surface area contributed by atoms with Crippen molar-refractivity contribution in [2.75, 3.05) is 18.0 Å². The number of aromatic hydroxyl groups is 1. The van der Waals surface area contributed by atoms with Crippen molar-refractivity contribution in [3.05, 3.63) is 48.0 Å². The molecule has 0 radical (unpaired) electrons. The van der Waals surface area contributed by atoms with Gasteiger partial charge in [-0.15, -0.1) is 0 Å². The van der Waals surface area contributed by atoms with Crippen molar-refractivity contribution in [2.24, 2.45) is 0 Å². The number of hydrogen-bond donors (Lipinski definition) is 2. The van der Waals surface area contributed by atoms with Crippen LogP contribution in [0.1, 0.15) is 28.7 Å². The Kier molecular flexibility index (Phi) is 5.44. The fourth-order valence-corrected chi connectivity index (χ4v) is 3.73. The van der Waals surface area contributed by atoms with E-state index < -0.39 is 6.09 Å². The number of nitrogens with one attached hydrogen (secondary N) is 1. The molecule has 30 heavy (non-hydrogen) atoms. The summed E-state index contributed by atoms with van der Waals surface area (Å²) in [6.07, 6.45) is 0.254. The molecule has 2 N–H and O–H groups in total. The molecule has 0 bridgehead atoms. The zero-order valence-corrected chi connectivity index (χ0v) is 17.4. The number of rotatable bonds is 4. The van der Waals surface area contributed by atoms with Gasteiger partial charge in [-0.25, -0.2) is 14.8 Å². The largest absolute Gasteiger partial charge is 0.507 e. The third kappa shape index (κ3) is 4.15. The molecule has 160 valence electrons. The number of amides is 1. The number of hydrogen-bond acceptors (Lipinski definition) is 6. The van der Waals surface area contributed by atoms with Crippen LogP contribution in [0.15, 0.2) is 42.5 Å². The van der Waals surface area contributed by atoms with Gasteiger partial charge < -0.3 is 20.1 Å². The summed E-state index contributed by atoms with van der Waals surface area (Å²) in [6.45, 7) is 7.07. The molecule has 1 amide bonds. The highest BCUT2D eigenvalue weighted by atomic mass is 16.6. The number of anilines is 1.